The van der Waals surface area contributed by atoms with Crippen molar-refractivity contribution in [2.45, 2.75) is 81.1 Å². The Labute approximate surface area is 173 Å². The number of benzene rings is 2. The Morgan fingerprint density at radius 1 is 0.643 bits per heavy atom. The second kappa shape index (κ2) is 8.18. The first kappa shape index (κ1) is 19.2. The van der Waals surface area contributed by atoms with E-state index in [1.807, 2.05) is 0 Å². The highest BCUT2D eigenvalue weighted by molar-refractivity contribution is 7.71. The lowest BCUT2D eigenvalue weighted by molar-refractivity contribution is 0.433. The highest BCUT2D eigenvalue weighted by Crippen LogP contribution is 2.81. The van der Waals surface area contributed by atoms with Crippen LogP contribution in [0.15, 0.2) is 60.7 Å². The fourth-order valence-electron chi connectivity index (χ4n) is 5.90. The zero-order valence-corrected chi connectivity index (χ0v) is 19.0. The number of hydrogen-bond donors (Lipinski definition) is 0. The molecule has 3 aliphatic heterocycles. The molecule has 0 saturated carbocycles. The van der Waals surface area contributed by atoms with Crippen LogP contribution in [-0.4, -0.2) is 21.8 Å². The van der Waals surface area contributed by atoms with Crippen LogP contribution >= 0.6 is 16.1 Å². The molecule has 28 heavy (non-hydrogen) atoms. The highest BCUT2D eigenvalue weighted by Gasteiger charge is 2.50. The molecule has 2 aromatic carbocycles. The second-order valence-electron chi connectivity index (χ2n) is 9.02. The molecule has 0 bridgehead atoms. The van der Waals surface area contributed by atoms with Gasteiger partial charge in [-0.3, -0.25) is 4.44 Å². The van der Waals surface area contributed by atoms with E-state index in [9.17, 15) is 0 Å². The summed E-state index contributed by atoms with van der Waals surface area (Å²) in [6, 6.07) is 23.8. The van der Waals surface area contributed by atoms with E-state index in [4.69, 9.17) is 0 Å². The first-order chi connectivity index (χ1) is 13.7. The molecular weight excluding hydrogens is 376 g/mol. The van der Waals surface area contributed by atoms with Crippen molar-refractivity contribution < 1.29 is 0 Å². The largest absolute Gasteiger partial charge is 0.256 e. The van der Waals surface area contributed by atoms with Crippen LogP contribution < -0.4 is 0 Å². The van der Waals surface area contributed by atoms with Crippen LogP contribution in [0.2, 0.25) is 0 Å². The third kappa shape index (κ3) is 3.39. The van der Waals surface area contributed by atoms with Gasteiger partial charge in [0.1, 0.15) is 0 Å². The Balaban J connectivity index is 1.57. The van der Waals surface area contributed by atoms with Crippen molar-refractivity contribution in [3.8, 4) is 0 Å². The van der Waals surface area contributed by atoms with Gasteiger partial charge in [0, 0.05) is 17.4 Å². The fraction of sp³-hybridized carbons (Fsp3) is 0.520. The van der Waals surface area contributed by atoms with E-state index in [0.717, 1.165) is 28.7 Å². The molecule has 0 radical (unpaired) electrons. The smallest absolute Gasteiger partial charge is 0.0183 e. The standard InChI is InChI=1S/C25H33NP2/c1-19-13-15-23-16-14-20(2)27(23)26(19)28-24(21-9-5-3-6-10-21)17-18-25(28)22-11-7-4-8-12-22/h3-12,19-20,23-25H,13-18H2,1-2H3/t19?,20-,23-,24+,25?,27?,28?/m1/s1. The van der Waals surface area contributed by atoms with Crippen molar-refractivity contribution in [3.05, 3.63) is 71.8 Å². The van der Waals surface area contributed by atoms with E-state index in [-0.39, 0.29) is 16.1 Å². The monoisotopic (exact) mass is 409 g/mol. The summed E-state index contributed by atoms with van der Waals surface area (Å²) in [6.07, 6.45) is 8.59. The van der Waals surface area contributed by atoms with E-state index >= 15 is 0 Å². The van der Waals surface area contributed by atoms with Crippen molar-refractivity contribution in [3.63, 3.8) is 0 Å². The summed E-state index contributed by atoms with van der Waals surface area (Å²) >= 11 is 0. The molecule has 2 aromatic rings. The average Bonchev–Trinajstić information content (AvgIpc) is 3.34. The Kier molecular flexibility index (Phi) is 5.62. The molecule has 3 heterocycles. The Morgan fingerprint density at radius 2 is 1.18 bits per heavy atom. The number of fused-ring (bicyclic) bond motifs is 1. The van der Waals surface area contributed by atoms with Crippen LogP contribution in [0.5, 0.6) is 0 Å². The van der Waals surface area contributed by atoms with Gasteiger partial charge in [-0.2, -0.15) is 0 Å². The molecule has 0 aliphatic carbocycles. The van der Waals surface area contributed by atoms with Gasteiger partial charge in [-0.15, -0.1) is 0 Å². The van der Waals surface area contributed by atoms with Crippen LogP contribution in [0, 0.1) is 0 Å². The molecule has 1 nitrogen and oxygen atoms in total. The lowest BCUT2D eigenvalue weighted by Gasteiger charge is -2.50. The zero-order valence-electron chi connectivity index (χ0n) is 17.2. The molecule has 0 aromatic heterocycles. The molecule has 0 N–H and O–H groups in total. The SMILES string of the molecule is CC1CC[C@@H]2CC[C@@H](C)P2N1P1C(c2ccccc2)CC[C@H]1c1ccccc1. The van der Waals surface area contributed by atoms with Gasteiger partial charge in [0.05, 0.1) is 0 Å². The van der Waals surface area contributed by atoms with Gasteiger partial charge in [-0.25, -0.2) is 0 Å². The van der Waals surface area contributed by atoms with Gasteiger partial charge in [0.15, 0.2) is 0 Å². The van der Waals surface area contributed by atoms with Gasteiger partial charge in [0.25, 0.3) is 0 Å². The third-order valence-corrected chi connectivity index (χ3v) is 15.0. The maximum absolute atomic E-state index is 3.18. The van der Waals surface area contributed by atoms with Gasteiger partial charge < -0.3 is 0 Å². The third-order valence-electron chi connectivity index (χ3n) is 7.25. The first-order valence-electron chi connectivity index (χ1n) is 11.2. The summed E-state index contributed by atoms with van der Waals surface area (Å²) in [5.74, 6) is 0. The molecule has 3 aliphatic rings. The predicted octanol–water partition coefficient (Wildman–Crippen LogP) is 8.09. The quantitative estimate of drug-likeness (QED) is 0.463. The predicted molar refractivity (Wildman–Crippen MR) is 124 cm³/mol. The van der Waals surface area contributed by atoms with Crippen molar-refractivity contribution >= 4 is 16.1 Å². The molecular formula is C25H33NP2. The lowest BCUT2D eigenvalue weighted by atomic mass is 10.0. The summed E-state index contributed by atoms with van der Waals surface area (Å²) in [6.45, 7) is 5.12. The maximum atomic E-state index is 3.18. The van der Waals surface area contributed by atoms with Crippen molar-refractivity contribution in [1.29, 1.82) is 0 Å². The maximum Gasteiger partial charge on any atom is 0.0183 e. The van der Waals surface area contributed by atoms with Crippen molar-refractivity contribution in [2.75, 3.05) is 0 Å². The van der Waals surface area contributed by atoms with Gasteiger partial charge in [0.2, 0.25) is 0 Å². The molecule has 3 heteroatoms. The van der Waals surface area contributed by atoms with Crippen LogP contribution in [0.1, 0.15) is 74.8 Å². The van der Waals surface area contributed by atoms with E-state index in [0.29, 0.717) is 0 Å². The van der Waals surface area contributed by atoms with Crippen LogP contribution in [0.25, 0.3) is 0 Å². The lowest BCUT2D eigenvalue weighted by Crippen LogP contribution is -2.34. The van der Waals surface area contributed by atoms with Gasteiger partial charge >= 0.3 is 0 Å². The van der Waals surface area contributed by atoms with E-state index in [1.165, 1.54) is 38.5 Å². The van der Waals surface area contributed by atoms with E-state index in [1.54, 1.807) is 11.1 Å². The van der Waals surface area contributed by atoms with E-state index in [2.05, 4.69) is 79.0 Å². The second-order valence-corrected chi connectivity index (χ2v) is 14.6. The minimum Gasteiger partial charge on any atom is -0.256 e. The van der Waals surface area contributed by atoms with Crippen LogP contribution in [-0.2, 0) is 0 Å². The molecule has 0 amide bonds. The summed E-state index contributed by atoms with van der Waals surface area (Å²) in [5, 5.41) is 0. The molecule has 5 rings (SSSR count). The average molecular weight is 409 g/mol. The van der Waals surface area contributed by atoms with Gasteiger partial charge in [-0.1, -0.05) is 67.6 Å². The van der Waals surface area contributed by atoms with E-state index < -0.39 is 0 Å². The summed E-state index contributed by atoms with van der Waals surface area (Å²) in [4.78, 5) is 0. The summed E-state index contributed by atoms with van der Waals surface area (Å²) in [5.41, 5.74) is 6.64. The normalized spacial score (nSPS) is 38.4. The van der Waals surface area contributed by atoms with Crippen LogP contribution in [0.4, 0.5) is 0 Å². The Hall–Kier alpha value is -0.740. The van der Waals surface area contributed by atoms with Crippen molar-refractivity contribution in [1.82, 2.24) is 4.44 Å². The molecule has 4 unspecified atom stereocenters. The molecule has 3 fully saturated rings. The Bertz CT molecular complexity index is 732. The highest BCUT2D eigenvalue weighted by atomic mass is 31.2. The molecule has 7 atom stereocenters. The molecule has 3 saturated heterocycles. The van der Waals surface area contributed by atoms with Crippen LogP contribution in [0.3, 0.4) is 0 Å². The minimum absolute atomic E-state index is 0.0335. The molecule has 148 valence electrons. The number of nitrogens with zero attached hydrogens (tertiary/aromatic N) is 1. The zero-order chi connectivity index (χ0) is 19.1. The topological polar surface area (TPSA) is 3.24 Å². The molecule has 0 spiro atoms. The van der Waals surface area contributed by atoms with Crippen molar-refractivity contribution in [2.24, 2.45) is 0 Å². The summed E-state index contributed by atoms with van der Waals surface area (Å²) < 4.78 is 3.18. The fourth-order valence-corrected chi connectivity index (χ4v) is 15.2. The number of hydrogen-bond acceptors (Lipinski definition) is 1. The minimum atomic E-state index is -0.178. The number of rotatable bonds is 3. The Morgan fingerprint density at radius 3 is 1.75 bits per heavy atom. The first-order valence-corrected chi connectivity index (χ1v) is 14.1. The summed E-state index contributed by atoms with van der Waals surface area (Å²) in [7, 11) is -0.145. The van der Waals surface area contributed by atoms with Gasteiger partial charge in [-0.05, 0) is 84.0 Å².